The van der Waals surface area contributed by atoms with Gasteiger partial charge in [0.15, 0.2) is 0 Å². The maximum absolute atomic E-state index is 13.5. The van der Waals surface area contributed by atoms with Crippen molar-refractivity contribution in [2.45, 2.75) is 25.6 Å². The van der Waals surface area contributed by atoms with Crippen LogP contribution < -0.4 is 4.90 Å². The maximum Gasteiger partial charge on any atom is 0.417 e. The van der Waals surface area contributed by atoms with Gasteiger partial charge in [0.2, 0.25) is 5.91 Å². The van der Waals surface area contributed by atoms with E-state index in [-0.39, 0.29) is 23.3 Å². The summed E-state index contributed by atoms with van der Waals surface area (Å²) in [6, 6.07) is 9.47. The fourth-order valence-electron chi connectivity index (χ4n) is 5.46. The molecule has 1 aromatic carbocycles. The molecule has 2 aromatic rings. The molecule has 2 aliphatic rings. The van der Waals surface area contributed by atoms with Crippen molar-refractivity contribution in [2.75, 3.05) is 45.2 Å². The number of amides is 1. The topological polar surface area (TPSA) is 63.5 Å². The van der Waals surface area contributed by atoms with Crippen molar-refractivity contribution in [3.8, 4) is 6.07 Å². The molecule has 186 valence electrons. The zero-order valence-corrected chi connectivity index (χ0v) is 20.0. The summed E-state index contributed by atoms with van der Waals surface area (Å²) in [5.74, 6) is 0.125. The molecule has 2 aliphatic heterocycles. The van der Waals surface area contributed by atoms with Gasteiger partial charge in [0.05, 0.1) is 23.1 Å². The first-order valence-electron chi connectivity index (χ1n) is 11.9. The van der Waals surface area contributed by atoms with Gasteiger partial charge in [0.25, 0.3) is 0 Å². The van der Waals surface area contributed by atoms with E-state index in [0.29, 0.717) is 24.7 Å². The number of carbonyl (C=O) groups excluding carboxylic acids is 1. The summed E-state index contributed by atoms with van der Waals surface area (Å²) >= 11 is 0. The highest BCUT2D eigenvalue weighted by Gasteiger charge is 2.44. The van der Waals surface area contributed by atoms with Crippen LogP contribution in [0.3, 0.4) is 0 Å². The number of alkyl halides is 3. The molecule has 0 unspecified atom stereocenters. The van der Waals surface area contributed by atoms with Gasteiger partial charge in [0, 0.05) is 51.8 Å². The van der Waals surface area contributed by atoms with E-state index >= 15 is 0 Å². The second-order valence-corrected chi connectivity index (χ2v) is 9.72. The summed E-state index contributed by atoms with van der Waals surface area (Å²) in [6.07, 6.45) is 0.906. The Labute approximate surface area is 204 Å². The molecule has 2 saturated heterocycles. The molecule has 6 nitrogen and oxygen atoms in total. The second-order valence-electron chi connectivity index (χ2n) is 9.72. The van der Waals surface area contributed by atoms with Crippen molar-refractivity contribution in [1.82, 2.24) is 14.8 Å². The van der Waals surface area contributed by atoms with Gasteiger partial charge < -0.3 is 9.80 Å². The van der Waals surface area contributed by atoms with Crippen LogP contribution in [-0.2, 0) is 17.5 Å². The molecule has 4 rings (SSSR count). The first-order valence-corrected chi connectivity index (χ1v) is 11.9. The standard InChI is InChI=1S/C26H30F3N5O/c1-32(2)25(35)23-17-34(21-6-5-20(13-30)24(12-21)26(27,28)29)16-22(23)19-7-10-33(11-8-19)15-18-4-3-9-31-14-18/h3-6,9,12,14,19,22-23H,7-8,10-11,15-17H2,1-2H3/t22-,23+/m0/s1. The lowest BCUT2D eigenvalue weighted by Crippen LogP contribution is -2.41. The van der Waals surface area contributed by atoms with Gasteiger partial charge in [-0.3, -0.25) is 14.7 Å². The van der Waals surface area contributed by atoms with E-state index in [9.17, 15) is 18.0 Å². The Kier molecular flexibility index (Phi) is 7.31. The fourth-order valence-corrected chi connectivity index (χ4v) is 5.46. The zero-order valence-electron chi connectivity index (χ0n) is 20.0. The zero-order chi connectivity index (χ0) is 25.2. The summed E-state index contributed by atoms with van der Waals surface area (Å²) in [6.45, 7) is 3.56. The van der Waals surface area contributed by atoms with E-state index in [1.807, 2.05) is 17.2 Å². The van der Waals surface area contributed by atoms with Crippen LogP contribution in [0.2, 0.25) is 0 Å². The van der Waals surface area contributed by atoms with Crippen molar-refractivity contribution >= 4 is 11.6 Å². The van der Waals surface area contributed by atoms with Crippen LogP contribution in [0.1, 0.15) is 29.5 Å². The Balaban J connectivity index is 1.50. The molecular formula is C26H30F3N5O. The minimum atomic E-state index is -4.61. The Morgan fingerprint density at radius 3 is 2.54 bits per heavy atom. The average molecular weight is 486 g/mol. The number of nitriles is 1. The number of piperidine rings is 1. The molecular weight excluding hydrogens is 455 g/mol. The highest BCUT2D eigenvalue weighted by atomic mass is 19.4. The predicted molar refractivity (Wildman–Crippen MR) is 126 cm³/mol. The second kappa shape index (κ2) is 10.2. The number of likely N-dealkylation sites (tertiary alicyclic amines) is 1. The fraction of sp³-hybridized carbons (Fsp3) is 0.500. The molecule has 0 N–H and O–H groups in total. The van der Waals surface area contributed by atoms with Crippen molar-refractivity contribution in [1.29, 1.82) is 5.26 Å². The van der Waals surface area contributed by atoms with E-state index in [2.05, 4.69) is 16.0 Å². The number of pyridine rings is 1. The third-order valence-corrected chi connectivity index (χ3v) is 7.28. The van der Waals surface area contributed by atoms with E-state index in [0.717, 1.165) is 38.5 Å². The Morgan fingerprint density at radius 1 is 1.20 bits per heavy atom. The van der Waals surface area contributed by atoms with Crippen molar-refractivity contribution in [3.63, 3.8) is 0 Å². The van der Waals surface area contributed by atoms with E-state index in [1.54, 1.807) is 37.3 Å². The number of hydrogen-bond acceptors (Lipinski definition) is 5. The first kappa shape index (κ1) is 25.0. The van der Waals surface area contributed by atoms with E-state index < -0.39 is 11.7 Å². The quantitative estimate of drug-likeness (QED) is 0.640. The molecule has 1 amide bonds. The van der Waals surface area contributed by atoms with Crippen LogP contribution in [0.4, 0.5) is 18.9 Å². The highest BCUT2D eigenvalue weighted by molar-refractivity contribution is 5.80. The molecule has 0 aliphatic carbocycles. The van der Waals surface area contributed by atoms with Gasteiger partial charge in [0.1, 0.15) is 0 Å². The lowest BCUT2D eigenvalue weighted by molar-refractivity contribution is -0.137. The number of hydrogen-bond donors (Lipinski definition) is 0. The molecule has 1 aromatic heterocycles. The van der Waals surface area contributed by atoms with Crippen LogP contribution in [-0.4, -0.2) is 61.0 Å². The minimum Gasteiger partial charge on any atom is -0.370 e. The summed E-state index contributed by atoms with van der Waals surface area (Å²) in [5.41, 5.74) is 0.253. The van der Waals surface area contributed by atoms with Crippen molar-refractivity contribution in [2.24, 2.45) is 17.8 Å². The number of rotatable bonds is 5. The van der Waals surface area contributed by atoms with Crippen LogP contribution >= 0.6 is 0 Å². The Morgan fingerprint density at radius 2 is 1.94 bits per heavy atom. The monoisotopic (exact) mass is 485 g/mol. The van der Waals surface area contributed by atoms with Crippen LogP contribution in [0.15, 0.2) is 42.7 Å². The van der Waals surface area contributed by atoms with Gasteiger partial charge in [-0.05, 0) is 67.6 Å². The lowest BCUT2D eigenvalue weighted by atomic mass is 9.78. The predicted octanol–water partition coefficient (Wildman–Crippen LogP) is 4.02. The summed E-state index contributed by atoms with van der Waals surface area (Å²) in [5, 5.41) is 9.12. The number of halogens is 3. The minimum absolute atomic E-state index is 0.0139. The van der Waals surface area contributed by atoms with Crippen molar-refractivity contribution in [3.05, 3.63) is 59.4 Å². The SMILES string of the molecule is CN(C)C(=O)[C@@H]1CN(c2ccc(C#N)c(C(F)(F)F)c2)C[C@H]1C1CCN(Cc2cccnc2)CC1. The number of anilines is 1. The molecule has 0 bridgehead atoms. The van der Waals surface area contributed by atoms with Gasteiger partial charge >= 0.3 is 6.18 Å². The van der Waals surface area contributed by atoms with Crippen LogP contribution in [0.5, 0.6) is 0 Å². The van der Waals surface area contributed by atoms with Crippen molar-refractivity contribution < 1.29 is 18.0 Å². The van der Waals surface area contributed by atoms with Gasteiger partial charge in [-0.25, -0.2) is 0 Å². The Hall–Kier alpha value is -3.12. The van der Waals surface area contributed by atoms with E-state index in [4.69, 9.17) is 5.26 Å². The maximum atomic E-state index is 13.5. The van der Waals surface area contributed by atoms with E-state index in [1.165, 1.54) is 11.6 Å². The van der Waals surface area contributed by atoms with Crippen LogP contribution in [0, 0.1) is 29.1 Å². The Bertz CT molecular complexity index is 1070. The molecule has 0 radical (unpaired) electrons. The molecule has 9 heteroatoms. The normalized spacial score (nSPS) is 21.7. The molecule has 35 heavy (non-hydrogen) atoms. The molecule has 2 fully saturated rings. The molecule has 0 spiro atoms. The number of aromatic nitrogens is 1. The largest absolute Gasteiger partial charge is 0.417 e. The molecule has 3 heterocycles. The first-order chi connectivity index (χ1) is 16.7. The van der Waals surface area contributed by atoms with Gasteiger partial charge in [-0.2, -0.15) is 18.4 Å². The molecule has 2 atom stereocenters. The third kappa shape index (κ3) is 5.59. The third-order valence-electron chi connectivity index (χ3n) is 7.28. The lowest BCUT2D eigenvalue weighted by Gasteiger charge is -2.36. The smallest absolute Gasteiger partial charge is 0.370 e. The average Bonchev–Trinajstić information content (AvgIpc) is 3.29. The van der Waals surface area contributed by atoms with Crippen LogP contribution in [0.25, 0.3) is 0 Å². The number of benzene rings is 1. The highest BCUT2D eigenvalue weighted by Crippen LogP contribution is 2.40. The number of carbonyl (C=O) groups is 1. The van der Waals surface area contributed by atoms with Gasteiger partial charge in [-0.15, -0.1) is 0 Å². The summed E-state index contributed by atoms with van der Waals surface area (Å²) in [7, 11) is 3.45. The summed E-state index contributed by atoms with van der Waals surface area (Å²) in [4.78, 5) is 23.1. The molecule has 0 saturated carbocycles. The summed E-state index contributed by atoms with van der Waals surface area (Å²) < 4.78 is 40.6. The van der Waals surface area contributed by atoms with Gasteiger partial charge in [-0.1, -0.05) is 6.07 Å². The number of nitrogens with zero attached hydrogens (tertiary/aromatic N) is 5.